The summed E-state index contributed by atoms with van der Waals surface area (Å²) >= 11 is 6.35. The van der Waals surface area contributed by atoms with Crippen molar-refractivity contribution in [3.05, 3.63) is 105 Å². The van der Waals surface area contributed by atoms with Crippen LogP contribution in [0.1, 0.15) is 37.1 Å². The van der Waals surface area contributed by atoms with Crippen LogP contribution in [0.4, 0.5) is 10.1 Å². The lowest BCUT2D eigenvalue weighted by molar-refractivity contribution is -0.130. The maximum absolute atomic E-state index is 14.1. The molecule has 0 aliphatic heterocycles. The Bertz CT molecular complexity index is 1610. The van der Waals surface area contributed by atoms with Crippen LogP contribution >= 0.6 is 11.6 Å². The molecule has 0 bridgehead atoms. The van der Waals surface area contributed by atoms with Gasteiger partial charge in [-0.25, -0.2) is 9.18 Å². The van der Waals surface area contributed by atoms with Gasteiger partial charge < -0.3 is 14.9 Å². The number of carbonyl (C=O) groups excluding carboxylic acids is 1. The first kappa shape index (κ1) is 26.1. The van der Waals surface area contributed by atoms with Gasteiger partial charge in [-0.15, -0.1) is 0 Å². The van der Waals surface area contributed by atoms with Crippen LogP contribution in [-0.2, 0) is 10.2 Å². The van der Waals surface area contributed by atoms with Crippen molar-refractivity contribution in [3.63, 3.8) is 0 Å². The molecule has 0 saturated carbocycles. The molecule has 37 heavy (non-hydrogen) atoms. The molecular formula is C29H24ClFN2O4. The number of aryl methyl sites for hydroxylation is 1. The van der Waals surface area contributed by atoms with Crippen molar-refractivity contribution in [2.45, 2.75) is 38.2 Å². The number of aromatic nitrogens is 1. The molecule has 6 nitrogen and oxygen atoms in total. The predicted octanol–water partition coefficient (Wildman–Crippen LogP) is 5.38. The molecule has 2 N–H and O–H groups in total. The van der Waals surface area contributed by atoms with E-state index in [9.17, 15) is 19.1 Å². The third-order valence-corrected chi connectivity index (χ3v) is 6.40. The second-order valence-electron chi connectivity index (χ2n) is 9.43. The quantitative estimate of drug-likeness (QED) is 0.346. The molecule has 4 aromatic rings. The van der Waals surface area contributed by atoms with Crippen LogP contribution in [0.5, 0.6) is 0 Å². The van der Waals surface area contributed by atoms with Gasteiger partial charge in [0.05, 0.1) is 11.1 Å². The number of anilines is 1. The lowest BCUT2D eigenvalue weighted by Gasteiger charge is -2.33. The zero-order chi connectivity index (χ0) is 26.8. The van der Waals surface area contributed by atoms with Gasteiger partial charge in [0.25, 0.3) is 5.91 Å². The first-order valence-electron chi connectivity index (χ1n) is 11.5. The fraction of sp³-hybridized carbons (Fsp3) is 0.207. The number of amides is 1. The van der Waals surface area contributed by atoms with E-state index in [1.807, 2.05) is 6.07 Å². The molecule has 188 valence electrons. The summed E-state index contributed by atoms with van der Waals surface area (Å²) in [4.78, 5) is 25.5. The molecule has 3 aromatic carbocycles. The minimum absolute atomic E-state index is 0.188. The van der Waals surface area contributed by atoms with Gasteiger partial charge in [-0.1, -0.05) is 60.6 Å². The van der Waals surface area contributed by atoms with E-state index in [0.29, 0.717) is 38.3 Å². The fourth-order valence-electron chi connectivity index (χ4n) is 4.17. The van der Waals surface area contributed by atoms with Crippen LogP contribution in [0.15, 0.2) is 76.0 Å². The minimum Gasteiger partial charge on any atom is -0.369 e. The average molecular weight is 519 g/mol. The Morgan fingerprint density at radius 1 is 1.11 bits per heavy atom. The molecule has 8 heteroatoms. The maximum atomic E-state index is 14.1. The van der Waals surface area contributed by atoms with Crippen molar-refractivity contribution < 1.29 is 18.8 Å². The Balaban J connectivity index is 1.74. The molecule has 0 fully saturated rings. The lowest BCUT2D eigenvalue weighted by Crippen LogP contribution is -2.46. The molecule has 4 rings (SSSR count). The van der Waals surface area contributed by atoms with E-state index < -0.39 is 28.4 Å². The van der Waals surface area contributed by atoms with Gasteiger partial charge in [0, 0.05) is 28.1 Å². The van der Waals surface area contributed by atoms with Crippen molar-refractivity contribution in [3.8, 4) is 11.8 Å². The van der Waals surface area contributed by atoms with Gasteiger partial charge in [0.1, 0.15) is 5.82 Å². The number of rotatable bonds is 5. The molecule has 1 unspecified atom stereocenters. The highest BCUT2D eigenvalue weighted by Crippen LogP contribution is 2.37. The van der Waals surface area contributed by atoms with Gasteiger partial charge in [-0.05, 0) is 66.4 Å². The van der Waals surface area contributed by atoms with Crippen molar-refractivity contribution in [1.29, 1.82) is 0 Å². The Labute approximate surface area is 218 Å². The van der Waals surface area contributed by atoms with Crippen LogP contribution in [-0.4, -0.2) is 21.8 Å². The number of hydrogen-bond acceptors (Lipinski definition) is 5. The highest BCUT2D eigenvalue weighted by atomic mass is 35.5. The molecule has 1 amide bonds. The summed E-state index contributed by atoms with van der Waals surface area (Å²) in [6.07, 6.45) is -0.188. The first-order valence-corrected chi connectivity index (χ1v) is 11.8. The zero-order valence-corrected chi connectivity index (χ0v) is 21.2. The number of benzene rings is 3. The molecule has 0 aliphatic rings. The Kier molecular flexibility index (Phi) is 7.17. The Hall–Kier alpha value is -3.99. The van der Waals surface area contributed by atoms with Crippen molar-refractivity contribution in [1.82, 2.24) is 5.16 Å². The molecular weight excluding hydrogens is 495 g/mol. The van der Waals surface area contributed by atoms with Gasteiger partial charge in [0.15, 0.2) is 0 Å². The molecule has 0 spiro atoms. The van der Waals surface area contributed by atoms with Crippen LogP contribution in [0.2, 0.25) is 5.02 Å². The highest BCUT2D eigenvalue weighted by molar-refractivity contribution is 6.31. The number of carbonyl (C=O) groups is 1. The number of hydrogen-bond donors (Lipinski definition) is 2. The van der Waals surface area contributed by atoms with E-state index in [1.54, 1.807) is 51.1 Å². The van der Waals surface area contributed by atoms with Gasteiger partial charge in [-0.3, -0.25) is 4.79 Å². The maximum Gasteiger partial charge on any atom is 0.366 e. The summed E-state index contributed by atoms with van der Waals surface area (Å²) in [6, 6.07) is 17.5. The van der Waals surface area contributed by atoms with Crippen LogP contribution < -0.4 is 10.9 Å². The number of nitrogens with zero attached hydrogens (tertiary/aromatic N) is 1. The fourth-order valence-corrected chi connectivity index (χ4v) is 4.54. The summed E-state index contributed by atoms with van der Waals surface area (Å²) < 4.78 is 18.8. The number of nitrogens with one attached hydrogen (secondary N) is 1. The summed E-state index contributed by atoms with van der Waals surface area (Å²) in [5.74, 6) is 4.32. The number of aliphatic hydroxyl groups is 1. The largest absolute Gasteiger partial charge is 0.369 e. The van der Waals surface area contributed by atoms with Crippen molar-refractivity contribution >= 4 is 34.0 Å². The van der Waals surface area contributed by atoms with Crippen LogP contribution in [0.3, 0.4) is 0 Å². The third kappa shape index (κ3) is 5.72. The van der Waals surface area contributed by atoms with Crippen LogP contribution in [0, 0.1) is 24.6 Å². The van der Waals surface area contributed by atoms with Gasteiger partial charge >= 0.3 is 5.63 Å². The third-order valence-electron chi connectivity index (χ3n) is 6.07. The molecule has 1 heterocycles. The standard InChI is InChI=1S/C29H24ClFN2O4/c1-18-23-16-21(10-11-22(23)26(34)37-33-18)32-27(35)29(36,14-13-19-7-5-4-6-8-19)17-28(2,3)24-15-20(31)9-12-25(24)30/h4-12,15-16,36H,17H2,1-3H3,(H,32,35). The monoisotopic (exact) mass is 518 g/mol. The molecule has 0 saturated heterocycles. The first-order chi connectivity index (χ1) is 17.5. The molecule has 1 atom stereocenters. The molecule has 0 aliphatic carbocycles. The highest BCUT2D eigenvalue weighted by Gasteiger charge is 2.41. The van der Waals surface area contributed by atoms with E-state index in [2.05, 4.69) is 22.3 Å². The van der Waals surface area contributed by atoms with E-state index in [-0.39, 0.29) is 6.42 Å². The Morgan fingerprint density at radius 2 is 1.84 bits per heavy atom. The zero-order valence-electron chi connectivity index (χ0n) is 20.4. The van der Waals surface area contributed by atoms with Gasteiger partial charge in [-0.2, -0.15) is 0 Å². The SMILES string of the molecule is Cc1noc(=O)c2ccc(NC(=O)C(O)(C#Cc3ccccc3)CC(C)(C)c3cc(F)ccc3Cl)cc12. The number of halogens is 2. The number of fused-ring (bicyclic) bond motifs is 1. The summed E-state index contributed by atoms with van der Waals surface area (Å²) in [5.41, 5.74) is -1.90. The summed E-state index contributed by atoms with van der Waals surface area (Å²) in [6.45, 7) is 5.17. The van der Waals surface area contributed by atoms with E-state index in [4.69, 9.17) is 16.1 Å². The summed E-state index contributed by atoms with van der Waals surface area (Å²) in [5, 5.41) is 19.2. The average Bonchev–Trinajstić information content (AvgIpc) is 2.87. The minimum atomic E-state index is -2.19. The molecule has 0 radical (unpaired) electrons. The second-order valence-corrected chi connectivity index (χ2v) is 9.84. The summed E-state index contributed by atoms with van der Waals surface area (Å²) in [7, 11) is 0. The lowest BCUT2D eigenvalue weighted by atomic mass is 9.75. The van der Waals surface area contributed by atoms with E-state index in [1.165, 1.54) is 30.3 Å². The van der Waals surface area contributed by atoms with E-state index in [0.717, 1.165) is 0 Å². The Morgan fingerprint density at radius 3 is 2.57 bits per heavy atom. The van der Waals surface area contributed by atoms with Crippen molar-refractivity contribution in [2.75, 3.05) is 5.32 Å². The van der Waals surface area contributed by atoms with E-state index >= 15 is 0 Å². The van der Waals surface area contributed by atoms with Gasteiger partial charge in [0.2, 0.25) is 5.60 Å². The smallest absolute Gasteiger partial charge is 0.366 e. The topological polar surface area (TPSA) is 92.4 Å². The normalized spacial score (nSPS) is 12.9. The molecule has 1 aromatic heterocycles. The predicted molar refractivity (Wildman–Crippen MR) is 141 cm³/mol. The van der Waals surface area contributed by atoms with Crippen LogP contribution in [0.25, 0.3) is 10.8 Å². The van der Waals surface area contributed by atoms with Crippen molar-refractivity contribution in [2.24, 2.45) is 0 Å². The second kappa shape index (κ2) is 10.2.